The van der Waals surface area contributed by atoms with Gasteiger partial charge in [0.15, 0.2) is 0 Å². The number of aromatic nitrogens is 1. The first-order valence-corrected chi connectivity index (χ1v) is 7.20. The zero-order chi connectivity index (χ0) is 13.5. The summed E-state index contributed by atoms with van der Waals surface area (Å²) in [6.45, 7) is 0.425. The number of benzene rings is 1. The fourth-order valence-electron chi connectivity index (χ4n) is 2.11. The number of hydrogen-bond acceptors (Lipinski definition) is 4. The molecule has 100 valence electrons. The largest absolute Gasteiger partial charge is 0.361 e. The zero-order valence-electron chi connectivity index (χ0n) is 9.91. The van der Waals surface area contributed by atoms with Crippen molar-refractivity contribution in [3.05, 3.63) is 47.6 Å². The number of rotatable bonds is 2. The monoisotopic (exact) mass is 282 g/mol. The van der Waals surface area contributed by atoms with Crippen molar-refractivity contribution < 1.29 is 17.3 Å². The van der Waals surface area contributed by atoms with Crippen LogP contribution >= 0.6 is 0 Å². The number of nitrogens with zero attached hydrogens (tertiary/aromatic N) is 2. The molecule has 0 spiro atoms. The average Bonchev–Trinajstić information content (AvgIpc) is 2.86. The fraction of sp³-hybridized carbons (Fsp3) is 0.250. The van der Waals surface area contributed by atoms with Crippen molar-refractivity contribution in [1.82, 2.24) is 9.46 Å². The topological polar surface area (TPSA) is 63.4 Å². The van der Waals surface area contributed by atoms with Crippen LogP contribution in [-0.2, 0) is 23.0 Å². The third-order valence-corrected chi connectivity index (χ3v) is 5.00. The highest BCUT2D eigenvalue weighted by Crippen LogP contribution is 2.25. The van der Waals surface area contributed by atoms with E-state index in [0.717, 1.165) is 11.6 Å². The maximum absolute atomic E-state index is 13.6. The summed E-state index contributed by atoms with van der Waals surface area (Å²) in [5.41, 5.74) is 0.728. The molecule has 1 aromatic heterocycles. The molecule has 0 N–H and O–H groups in total. The molecule has 0 aliphatic carbocycles. The molecule has 1 aliphatic rings. The summed E-state index contributed by atoms with van der Waals surface area (Å²) in [6, 6.07) is 5.38. The summed E-state index contributed by atoms with van der Waals surface area (Å²) >= 11 is 0. The maximum atomic E-state index is 13.6. The lowest BCUT2D eigenvalue weighted by atomic mass is 10.1. The Morgan fingerprint density at radius 2 is 2.11 bits per heavy atom. The standard InChI is InChI=1S/C12H11FN2O3S/c13-10-3-1-2-4-12(10)19(16,17)15-6-5-11-9(8-15)7-14-18-11/h1-4,7H,5-6,8H2. The second kappa shape index (κ2) is 4.43. The zero-order valence-corrected chi connectivity index (χ0v) is 10.7. The predicted molar refractivity (Wildman–Crippen MR) is 64.2 cm³/mol. The predicted octanol–water partition coefficient (Wildman–Crippen LogP) is 1.56. The van der Waals surface area contributed by atoms with Crippen LogP contribution in [0.25, 0.3) is 0 Å². The molecule has 0 saturated carbocycles. The van der Waals surface area contributed by atoms with Crippen LogP contribution in [0.2, 0.25) is 0 Å². The quantitative estimate of drug-likeness (QED) is 0.838. The van der Waals surface area contributed by atoms with Crippen molar-refractivity contribution in [2.75, 3.05) is 6.54 Å². The van der Waals surface area contributed by atoms with E-state index >= 15 is 0 Å². The second-order valence-electron chi connectivity index (χ2n) is 4.29. The Morgan fingerprint density at radius 3 is 2.89 bits per heavy atom. The Balaban J connectivity index is 1.97. The minimum absolute atomic E-state index is 0.162. The molecular weight excluding hydrogens is 271 g/mol. The number of fused-ring (bicyclic) bond motifs is 1. The van der Waals surface area contributed by atoms with Gasteiger partial charge in [-0.1, -0.05) is 17.3 Å². The maximum Gasteiger partial charge on any atom is 0.246 e. The molecule has 1 aliphatic heterocycles. The minimum atomic E-state index is -3.82. The van der Waals surface area contributed by atoms with Gasteiger partial charge < -0.3 is 4.52 Å². The first-order chi connectivity index (χ1) is 9.09. The molecule has 0 amide bonds. The van der Waals surface area contributed by atoms with Gasteiger partial charge in [0.2, 0.25) is 10.0 Å². The van der Waals surface area contributed by atoms with Crippen molar-refractivity contribution in [2.24, 2.45) is 0 Å². The second-order valence-corrected chi connectivity index (χ2v) is 6.20. The Morgan fingerprint density at radius 1 is 1.32 bits per heavy atom. The minimum Gasteiger partial charge on any atom is -0.361 e. The summed E-state index contributed by atoms with van der Waals surface area (Å²) in [5.74, 6) is -0.0430. The SMILES string of the molecule is O=S(=O)(c1ccccc1F)N1CCc2oncc2C1. The smallest absolute Gasteiger partial charge is 0.246 e. The van der Waals surface area contributed by atoms with E-state index in [1.165, 1.54) is 28.7 Å². The Hall–Kier alpha value is -1.73. The van der Waals surface area contributed by atoms with Crippen molar-refractivity contribution in [3.8, 4) is 0 Å². The lowest BCUT2D eigenvalue weighted by molar-refractivity contribution is 0.330. The summed E-state index contributed by atoms with van der Waals surface area (Å²) in [6.07, 6.45) is 1.95. The molecule has 0 radical (unpaired) electrons. The van der Waals surface area contributed by atoms with Crippen LogP contribution in [0.3, 0.4) is 0 Å². The normalized spacial score (nSPS) is 16.3. The molecule has 5 nitrogen and oxygen atoms in total. The van der Waals surface area contributed by atoms with Crippen LogP contribution < -0.4 is 0 Å². The first kappa shape index (κ1) is 12.3. The van der Waals surface area contributed by atoms with Crippen LogP contribution in [0.1, 0.15) is 11.3 Å². The molecule has 0 atom stereocenters. The summed E-state index contributed by atoms with van der Waals surface area (Å²) in [4.78, 5) is -0.296. The van der Waals surface area contributed by atoms with Gasteiger partial charge in [-0.25, -0.2) is 12.8 Å². The molecule has 7 heteroatoms. The van der Waals surface area contributed by atoms with Gasteiger partial charge in [-0.3, -0.25) is 0 Å². The lowest BCUT2D eigenvalue weighted by Crippen LogP contribution is -2.35. The van der Waals surface area contributed by atoms with E-state index in [1.807, 2.05) is 0 Å². The van der Waals surface area contributed by atoms with E-state index < -0.39 is 15.8 Å². The molecule has 2 heterocycles. The average molecular weight is 282 g/mol. The van der Waals surface area contributed by atoms with Gasteiger partial charge in [0, 0.05) is 25.1 Å². The van der Waals surface area contributed by atoms with Crippen LogP contribution in [0.15, 0.2) is 39.9 Å². The van der Waals surface area contributed by atoms with E-state index in [1.54, 1.807) is 0 Å². The highest BCUT2D eigenvalue weighted by atomic mass is 32.2. The molecule has 3 rings (SSSR count). The first-order valence-electron chi connectivity index (χ1n) is 5.76. The molecule has 0 unspecified atom stereocenters. The molecule has 0 bridgehead atoms. The lowest BCUT2D eigenvalue weighted by Gasteiger charge is -2.25. The van der Waals surface area contributed by atoms with Gasteiger partial charge in [-0.05, 0) is 12.1 Å². The van der Waals surface area contributed by atoms with Gasteiger partial charge in [-0.15, -0.1) is 0 Å². The van der Waals surface area contributed by atoms with E-state index in [2.05, 4.69) is 5.16 Å². The number of hydrogen-bond donors (Lipinski definition) is 0. The third kappa shape index (κ3) is 2.04. The van der Waals surface area contributed by atoms with E-state index in [0.29, 0.717) is 12.2 Å². The van der Waals surface area contributed by atoms with E-state index in [-0.39, 0.29) is 18.0 Å². The van der Waals surface area contributed by atoms with Gasteiger partial charge in [0.1, 0.15) is 16.5 Å². The Kier molecular flexibility index (Phi) is 2.87. The molecule has 19 heavy (non-hydrogen) atoms. The van der Waals surface area contributed by atoms with E-state index in [9.17, 15) is 12.8 Å². The summed E-state index contributed by atoms with van der Waals surface area (Å²) in [5, 5.41) is 3.64. The van der Waals surface area contributed by atoms with Gasteiger partial charge >= 0.3 is 0 Å². The highest BCUT2D eigenvalue weighted by molar-refractivity contribution is 7.89. The van der Waals surface area contributed by atoms with Crippen molar-refractivity contribution in [1.29, 1.82) is 0 Å². The summed E-state index contributed by atoms with van der Waals surface area (Å²) in [7, 11) is -3.82. The fourth-order valence-corrected chi connectivity index (χ4v) is 3.60. The summed E-state index contributed by atoms with van der Waals surface area (Å²) < 4.78 is 44.6. The number of halogens is 1. The van der Waals surface area contributed by atoms with Crippen LogP contribution in [0, 0.1) is 5.82 Å². The van der Waals surface area contributed by atoms with E-state index in [4.69, 9.17) is 4.52 Å². The van der Waals surface area contributed by atoms with Crippen LogP contribution in [0.4, 0.5) is 4.39 Å². The molecule has 0 fully saturated rings. The Labute approximate surface area is 109 Å². The van der Waals surface area contributed by atoms with Gasteiger partial charge in [0.25, 0.3) is 0 Å². The van der Waals surface area contributed by atoms with Crippen LogP contribution in [0.5, 0.6) is 0 Å². The van der Waals surface area contributed by atoms with Crippen LogP contribution in [-0.4, -0.2) is 24.4 Å². The van der Waals surface area contributed by atoms with Crippen molar-refractivity contribution >= 4 is 10.0 Å². The van der Waals surface area contributed by atoms with Crippen molar-refractivity contribution in [3.63, 3.8) is 0 Å². The van der Waals surface area contributed by atoms with Crippen molar-refractivity contribution in [2.45, 2.75) is 17.9 Å². The molecule has 2 aromatic rings. The third-order valence-electron chi connectivity index (χ3n) is 3.12. The van der Waals surface area contributed by atoms with Gasteiger partial charge in [-0.2, -0.15) is 4.31 Å². The highest BCUT2D eigenvalue weighted by Gasteiger charge is 2.31. The number of sulfonamides is 1. The van der Waals surface area contributed by atoms with Gasteiger partial charge in [0.05, 0.1) is 6.20 Å². The molecule has 1 aromatic carbocycles. The molecule has 0 saturated heterocycles. The molecular formula is C12H11FN2O3S. The Bertz CT molecular complexity index is 711.